The summed E-state index contributed by atoms with van der Waals surface area (Å²) in [5.41, 5.74) is 0. The maximum absolute atomic E-state index is 8.89. The summed E-state index contributed by atoms with van der Waals surface area (Å²) in [5, 5.41) is 23.6. The average molecular weight is 294 g/mol. The summed E-state index contributed by atoms with van der Waals surface area (Å²) in [6.07, 6.45) is 0. The maximum Gasteiger partial charge on any atom is 2.00 e. The molecular formula is C2H3AgNO5Zn+. The van der Waals surface area contributed by atoms with E-state index in [2.05, 4.69) is 0 Å². The van der Waals surface area contributed by atoms with Gasteiger partial charge >= 0.3 is 41.9 Å². The summed E-state index contributed by atoms with van der Waals surface area (Å²) in [7, 11) is 0. The van der Waals surface area contributed by atoms with Crippen LogP contribution in [0.5, 0.6) is 0 Å². The van der Waals surface area contributed by atoms with Crippen LogP contribution in [-0.4, -0.2) is 11.1 Å². The fourth-order valence-electron chi connectivity index (χ4n) is 0. The molecule has 0 aromatic rings. The molecule has 0 saturated carbocycles. The Kier molecular flexibility index (Phi) is 36.0. The minimum Gasteiger partial charge on any atom is -0.550 e. The van der Waals surface area contributed by atoms with Crippen molar-refractivity contribution in [1.82, 2.24) is 0 Å². The molecule has 0 aliphatic carbocycles. The Morgan fingerprint density at radius 3 is 1.40 bits per heavy atom. The summed E-state index contributed by atoms with van der Waals surface area (Å²) in [6, 6.07) is 0. The minimum atomic E-state index is -1.75. The molecule has 0 aromatic heterocycles. The molecule has 0 amide bonds. The number of hydrogen-bond donors (Lipinski definition) is 0. The van der Waals surface area contributed by atoms with Crippen LogP contribution in [-0.2, 0) is 46.7 Å². The van der Waals surface area contributed by atoms with Gasteiger partial charge in [0.2, 0.25) is 0 Å². The van der Waals surface area contributed by atoms with Gasteiger partial charge in [-0.2, -0.15) is 0 Å². The van der Waals surface area contributed by atoms with Crippen molar-refractivity contribution in [3.05, 3.63) is 15.3 Å². The molecule has 0 bridgehead atoms. The maximum atomic E-state index is 8.89. The van der Waals surface area contributed by atoms with Crippen molar-refractivity contribution < 1.29 is 56.8 Å². The molecule has 0 aromatic carbocycles. The number of carbonyl (C=O) groups excluding carboxylic acids is 1. The third-order valence-electron chi connectivity index (χ3n) is 0. The molecule has 0 aliphatic rings. The topological polar surface area (TPSA) is 106 Å². The van der Waals surface area contributed by atoms with Gasteiger partial charge in [-0.05, 0) is 6.92 Å². The molecule has 0 radical (unpaired) electrons. The van der Waals surface area contributed by atoms with E-state index in [4.69, 9.17) is 25.2 Å². The van der Waals surface area contributed by atoms with E-state index in [9.17, 15) is 0 Å². The first-order valence-corrected chi connectivity index (χ1v) is 1.46. The van der Waals surface area contributed by atoms with Crippen molar-refractivity contribution in [2.24, 2.45) is 0 Å². The standard InChI is InChI=1S/C2H4O2.Ag.NO3.Zn/c1-2(3)4;;2-1(3)4;/h1H3,(H,3,4);;;/q;+1;-1;+2/p-1. The predicted molar refractivity (Wildman–Crippen MR) is 21.0 cm³/mol. The predicted octanol–water partition coefficient (Wildman–Crippen LogP) is -1.49. The molecule has 0 aliphatic heterocycles. The SMILES string of the molecule is CC(=O)[O-].O=[N+]([O-])[O-].[Ag+].[Zn+2]. The van der Waals surface area contributed by atoms with Gasteiger partial charge in [0, 0.05) is 5.97 Å². The summed E-state index contributed by atoms with van der Waals surface area (Å²) in [6.45, 7) is 0.972. The van der Waals surface area contributed by atoms with E-state index in [0.717, 1.165) is 6.92 Å². The summed E-state index contributed by atoms with van der Waals surface area (Å²) < 4.78 is 0. The van der Waals surface area contributed by atoms with E-state index in [1.165, 1.54) is 0 Å². The fraction of sp³-hybridized carbons (Fsp3) is 0.500. The minimum absolute atomic E-state index is 0. The Morgan fingerprint density at radius 1 is 1.40 bits per heavy atom. The molecule has 0 atom stereocenters. The number of carboxylic acid groups (broad SMARTS) is 1. The van der Waals surface area contributed by atoms with Gasteiger partial charge in [0.05, 0.1) is 5.09 Å². The monoisotopic (exact) mass is 292 g/mol. The Morgan fingerprint density at radius 2 is 1.40 bits per heavy atom. The summed E-state index contributed by atoms with van der Waals surface area (Å²) in [5.74, 6) is -1.08. The van der Waals surface area contributed by atoms with Crippen molar-refractivity contribution in [2.75, 3.05) is 0 Å². The quantitative estimate of drug-likeness (QED) is 0.307. The number of aliphatic carboxylic acids is 1. The van der Waals surface area contributed by atoms with Crippen LogP contribution in [0.3, 0.4) is 0 Å². The van der Waals surface area contributed by atoms with Crippen LogP contribution in [0.1, 0.15) is 6.92 Å². The molecule has 0 rings (SSSR count). The zero-order valence-electron chi connectivity index (χ0n) is 5.00. The van der Waals surface area contributed by atoms with E-state index < -0.39 is 11.1 Å². The van der Waals surface area contributed by atoms with E-state index in [1.54, 1.807) is 0 Å². The smallest absolute Gasteiger partial charge is 0.550 e. The average Bonchev–Trinajstić information content (AvgIpc) is 1.25. The van der Waals surface area contributed by atoms with Gasteiger partial charge in [-0.15, -0.1) is 0 Å². The molecule has 0 spiro atoms. The number of nitrogens with zero attached hydrogens (tertiary/aromatic N) is 1. The van der Waals surface area contributed by atoms with Crippen molar-refractivity contribution in [3.8, 4) is 0 Å². The van der Waals surface area contributed by atoms with Gasteiger partial charge in [-0.25, -0.2) is 0 Å². The van der Waals surface area contributed by atoms with Crippen LogP contribution in [0.2, 0.25) is 0 Å². The second-order valence-electron chi connectivity index (χ2n) is 0.715. The number of hydrogen-bond acceptors (Lipinski definition) is 5. The van der Waals surface area contributed by atoms with E-state index in [1.807, 2.05) is 0 Å². The van der Waals surface area contributed by atoms with E-state index in [0.29, 0.717) is 0 Å². The van der Waals surface area contributed by atoms with Crippen LogP contribution in [0, 0.1) is 15.3 Å². The second-order valence-corrected chi connectivity index (χ2v) is 0.715. The van der Waals surface area contributed by atoms with Gasteiger partial charge < -0.3 is 25.2 Å². The Labute approximate surface area is 85.0 Å². The second kappa shape index (κ2) is 16.0. The third kappa shape index (κ3) is 351000. The number of carboxylic acids is 1. The van der Waals surface area contributed by atoms with Crippen LogP contribution in [0.15, 0.2) is 0 Å². The Bertz CT molecular complexity index is 77.6. The van der Waals surface area contributed by atoms with Gasteiger partial charge in [-0.1, -0.05) is 0 Å². The largest absolute Gasteiger partial charge is 2.00 e. The summed E-state index contributed by atoms with van der Waals surface area (Å²) in [4.78, 5) is 17.1. The third-order valence-corrected chi connectivity index (χ3v) is 0. The van der Waals surface area contributed by atoms with Crippen molar-refractivity contribution in [2.45, 2.75) is 6.92 Å². The molecule has 58 valence electrons. The van der Waals surface area contributed by atoms with Gasteiger partial charge in [-0.3, -0.25) is 0 Å². The zero-order chi connectivity index (χ0) is 7.15. The van der Waals surface area contributed by atoms with Crippen LogP contribution in [0.4, 0.5) is 0 Å². The first-order chi connectivity index (χ1) is 3.46. The Hall–Kier alpha value is 0.0336. The van der Waals surface area contributed by atoms with Gasteiger partial charge in [0.15, 0.2) is 0 Å². The van der Waals surface area contributed by atoms with Gasteiger partial charge in [0.25, 0.3) is 0 Å². The van der Waals surface area contributed by atoms with Crippen molar-refractivity contribution in [3.63, 3.8) is 0 Å². The molecule has 0 fully saturated rings. The van der Waals surface area contributed by atoms with E-state index in [-0.39, 0.29) is 41.9 Å². The first-order valence-electron chi connectivity index (χ1n) is 1.46. The van der Waals surface area contributed by atoms with Crippen LogP contribution < -0.4 is 5.11 Å². The first kappa shape index (κ1) is 22.5. The number of rotatable bonds is 0. The molecule has 0 N–H and O–H groups in total. The molecule has 6 nitrogen and oxygen atoms in total. The molecule has 0 unspecified atom stereocenters. The normalized spacial score (nSPS) is 4.90. The van der Waals surface area contributed by atoms with Crippen molar-refractivity contribution in [1.29, 1.82) is 0 Å². The molecule has 0 saturated heterocycles. The van der Waals surface area contributed by atoms with Crippen LogP contribution >= 0.6 is 0 Å². The fourth-order valence-corrected chi connectivity index (χ4v) is 0. The van der Waals surface area contributed by atoms with E-state index >= 15 is 0 Å². The van der Waals surface area contributed by atoms with Crippen LogP contribution in [0.25, 0.3) is 0 Å². The van der Waals surface area contributed by atoms with Crippen molar-refractivity contribution >= 4 is 5.97 Å². The number of carbonyl (C=O) groups is 1. The van der Waals surface area contributed by atoms with Gasteiger partial charge in [0.1, 0.15) is 0 Å². The Balaban J connectivity index is -0.0000000300. The summed E-state index contributed by atoms with van der Waals surface area (Å²) >= 11 is 0. The zero-order valence-corrected chi connectivity index (χ0v) is 9.45. The molecular weight excluding hydrogens is 291 g/mol. The molecule has 0 heterocycles. The molecule has 8 heteroatoms. The molecule has 10 heavy (non-hydrogen) atoms.